The number of carbonyl (C=O) groups is 2. The Morgan fingerprint density at radius 1 is 1.38 bits per heavy atom. The molecule has 0 aliphatic carbocycles. The fourth-order valence-electron chi connectivity index (χ4n) is 3.52. The number of benzene rings is 1. The van der Waals surface area contributed by atoms with Crippen molar-refractivity contribution in [3.05, 3.63) is 41.5 Å². The van der Waals surface area contributed by atoms with Crippen LogP contribution in [0.3, 0.4) is 0 Å². The van der Waals surface area contributed by atoms with Gasteiger partial charge in [-0.1, -0.05) is 18.2 Å². The molecule has 7 nitrogen and oxygen atoms in total. The van der Waals surface area contributed by atoms with Gasteiger partial charge in [0.2, 0.25) is 11.8 Å². The number of para-hydroxylation sites is 1. The summed E-state index contributed by atoms with van der Waals surface area (Å²) in [6, 6.07) is 7.48. The number of fused-ring (bicyclic) bond motifs is 2. The number of nitrogens with zero attached hydrogens (tertiary/aromatic N) is 4. The Labute approximate surface area is 139 Å². The van der Waals surface area contributed by atoms with Crippen molar-refractivity contribution in [3.8, 4) is 0 Å². The number of aromatic nitrogens is 3. The number of rotatable bonds is 3. The van der Waals surface area contributed by atoms with Crippen molar-refractivity contribution in [2.24, 2.45) is 0 Å². The van der Waals surface area contributed by atoms with Crippen LogP contribution in [0.25, 0.3) is 0 Å². The van der Waals surface area contributed by atoms with Crippen molar-refractivity contribution in [1.29, 1.82) is 0 Å². The Hall–Kier alpha value is -2.70. The number of likely N-dealkylation sites (N-methyl/N-ethyl adjacent to an activating group) is 1. The van der Waals surface area contributed by atoms with Crippen LogP contribution >= 0.6 is 0 Å². The second-order valence-electron chi connectivity index (χ2n) is 6.37. The Morgan fingerprint density at radius 3 is 3.08 bits per heavy atom. The summed E-state index contributed by atoms with van der Waals surface area (Å²) >= 11 is 0. The number of hydrogen-bond donors (Lipinski definition) is 1. The van der Waals surface area contributed by atoms with E-state index in [0.29, 0.717) is 6.54 Å². The SMILES string of the molecule is CN(Cc1nnc2n1CCC2)C(=O)[C@H]1CC(=O)Nc2ccccc21. The molecule has 0 saturated carbocycles. The summed E-state index contributed by atoms with van der Waals surface area (Å²) in [6.07, 6.45) is 2.20. The highest BCUT2D eigenvalue weighted by molar-refractivity contribution is 6.01. The van der Waals surface area contributed by atoms with Crippen LogP contribution in [0.15, 0.2) is 24.3 Å². The van der Waals surface area contributed by atoms with Gasteiger partial charge < -0.3 is 14.8 Å². The van der Waals surface area contributed by atoms with Gasteiger partial charge in [0.1, 0.15) is 5.82 Å². The average molecular weight is 325 g/mol. The van der Waals surface area contributed by atoms with Crippen LogP contribution in [0, 0.1) is 0 Å². The van der Waals surface area contributed by atoms with Crippen LogP contribution < -0.4 is 5.32 Å². The highest BCUT2D eigenvalue weighted by Gasteiger charge is 2.32. The standard InChI is InChI=1S/C17H19N5O2/c1-21(10-15-20-19-14-7-4-8-22(14)15)17(24)12-9-16(23)18-13-6-3-2-5-11(12)13/h2-3,5-6,12H,4,7-10H2,1H3,(H,18,23)/t12-/m0/s1. The lowest BCUT2D eigenvalue weighted by Crippen LogP contribution is -2.36. The van der Waals surface area contributed by atoms with Gasteiger partial charge in [-0.25, -0.2) is 0 Å². The van der Waals surface area contributed by atoms with Crippen LogP contribution in [0.2, 0.25) is 0 Å². The van der Waals surface area contributed by atoms with E-state index >= 15 is 0 Å². The third kappa shape index (κ3) is 2.46. The lowest BCUT2D eigenvalue weighted by Gasteiger charge is -2.28. The number of anilines is 1. The molecule has 1 atom stereocenters. The monoisotopic (exact) mass is 325 g/mol. The van der Waals surface area contributed by atoms with Crippen LogP contribution in [0.5, 0.6) is 0 Å². The molecular formula is C17H19N5O2. The maximum absolute atomic E-state index is 12.9. The summed E-state index contributed by atoms with van der Waals surface area (Å²) < 4.78 is 2.09. The predicted molar refractivity (Wildman–Crippen MR) is 87.2 cm³/mol. The number of carbonyl (C=O) groups excluding carboxylic acids is 2. The fraction of sp³-hybridized carbons (Fsp3) is 0.412. The number of aryl methyl sites for hydroxylation is 1. The van der Waals surface area contributed by atoms with E-state index in [2.05, 4.69) is 20.1 Å². The first-order chi connectivity index (χ1) is 11.6. The van der Waals surface area contributed by atoms with E-state index in [4.69, 9.17) is 0 Å². The van der Waals surface area contributed by atoms with Crippen molar-refractivity contribution in [2.45, 2.75) is 38.3 Å². The van der Waals surface area contributed by atoms with Crippen molar-refractivity contribution < 1.29 is 9.59 Å². The molecule has 0 bridgehead atoms. The van der Waals surface area contributed by atoms with E-state index in [1.807, 2.05) is 24.3 Å². The van der Waals surface area contributed by atoms with Crippen molar-refractivity contribution in [1.82, 2.24) is 19.7 Å². The lowest BCUT2D eigenvalue weighted by atomic mass is 9.89. The molecule has 0 unspecified atom stereocenters. The van der Waals surface area contributed by atoms with E-state index < -0.39 is 5.92 Å². The summed E-state index contributed by atoms with van der Waals surface area (Å²) in [5.41, 5.74) is 1.60. The maximum atomic E-state index is 12.9. The second-order valence-corrected chi connectivity index (χ2v) is 6.37. The average Bonchev–Trinajstić information content (AvgIpc) is 3.18. The minimum absolute atomic E-state index is 0.0624. The minimum Gasteiger partial charge on any atom is -0.338 e. The Balaban J connectivity index is 1.56. The van der Waals surface area contributed by atoms with Gasteiger partial charge in [-0.05, 0) is 18.1 Å². The molecule has 1 aromatic heterocycles. The van der Waals surface area contributed by atoms with Crippen LogP contribution in [0.4, 0.5) is 5.69 Å². The molecule has 0 spiro atoms. The van der Waals surface area contributed by atoms with Gasteiger partial charge in [0.05, 0.1) is 12.5 Å². The smallest absolute Gasteiger partial charge is 0.230 e. The van der Waals surface area contributed by atoms with Crippen molar-refractivity contribution in [3.63, 3.8) is 0 Å². The molecule has 1 aromatic carbocycles. The molecule has 2 aliphatic heterocycles. The maximum Gasteiger partial charge on any atom is 0.230 e. The third-order valence-electron chi connectivity index (χ3n) is 4.74. The third-order valence-corrected chi connectivity index (χ3v) is 4.74. The first-order valence-corrected chi connectivity index (χ1v) is 8.18. The first-order valence-electron chi connectivity index (χ1n) is 8.18. The molecule has 24 heavy (non-hydrogen) atoms. The molecule has 2 aromatic rings. The molecule has 3 heterocycles. The number of hydrogen-bond acceptors (Lipinski definition) is 4. The molecule has 2 aliphatic rings. The lowest BCUT2D eigenvalue weighted by molar-refractivity contribution is -0.134. The second kappa shape index (κ2) is 5.74. The molecule has 124 valence electrons. The number of amides is 2. The molecule has 0 fully saturated rings. The van der Waals surface area contributed by atoms with Crippen LogP contribution in [-0.2, 0) is 29.1 Å². The molecule has 0 radical (unpaired) electrons. The first kappa shape index (κ1) is 14.9. The fourth-order valence-corrected chi connectivity index (χ4v) is 3.52. The summed E-state index contributed by atoms with van der Waals surface area (Å²) in [5.74, 6) is 1.18. The zero-order valence-electron chi connectivity index (χ0n) is 13.5. The van der Waals surface area contributed by atoms with Crippen LogP contribution in [0.1, 0.15) is 36.0 Å². The Bertz CT molecular complexity index is 813. The molecule has 4 rings (SSSR count). The quantitative estimate of drug-likeness (QED) is 0.923. The highest BCUT2D eigenvalue weighted by Crippen LogP contribution is 2.33. The Morgan fingerprint density at radius 2 is 2.21 bits per heavy atom. The number of nitrogens with one attached hydrogen (secondary N) is 1. The van der Waals surface area contributed by atoms with E-state index in [-0.39, 0.29) is 18.2 Å². The normalized spacial score (nSPS) is 18.7. The van der Waals surface area contributed by atoms with Gasteiger partial charge in [0.15, 0.2) is 5.82 Å². The van der Waals surface area contributed by atoms with Gasteiger partial charge in [0, 0.05) is 32.1 Å². The van der Waals surface area contributed by atoms with Crippen molar-refractivity contribution in [2.75, 3.05) is 12.4 Å². The summed E-state index contributed by atoms with van der Waals surface area (Å²) in [4.78, 5) is 26.5. The van der Waals surface area contributed by atoms with Crippen LogP contribution in [-0.4, -0.2) is 38.5 Å². The zero-order chi connectivity index (χ0) is 16.7. The van der Waals surface area contributed by atoms with E-state index in [0.717, 1.165) is 42.3 Å². The van der Waals surface area contributed by atoms with E-state index in [1.54, 1.807) is 11.9 Å². The predicted octanol–water partition coefficient (Wildman–Crippen LogP) is 1.31. The molecule has 1 N–H and O–H groups in total. The van der Waals surface area contributed by atoms with Gasteiger partial charge in [-0.3, -0.25) is 9.59 Å². The summed E-state index contributed by atoms with van der Waals surface area (Å²) in [5, 5.41) is 11.2. The summed E-state index contributed by atoms with van der Waals surface area (Å²) in [7, 11) is 1.76. The highest BCUT2D eigenvalue weighted by atomic mass is 16.2. The van der Waals surface area contributed by atoms with E-state index in [9.17, 15) is 9.59 Å². The molecule has 0 saturated heterocycles. The van der Waals surface area contributed by atoms with Gasteiger partial charge in [-0.15, -0.1) is 10.2 Å². The molecular weight excluding hydrogens is 306 g/mol. The largest absolute Gasteiger partial charge is 0.338 e. The van der Waals surface area contributed by atoms with Gasteiger partial charge in [0.25, 0.3) is 0 Å². The molecule has 2 amide bonds. The summed E-state index contributed by atoms with van der Waals surface area (Å²) in [6.45, 7) is 1.32. The zero-order valence-corrected chi connectivity index (χ0v) is 13.5. The topological polar surface area (TPSA) is 80.1 Å². The minimum atomic E-state index is -0.444. The van der Waals surface area contributed by atoms with Crippen molar-refractivity contribution >= 4 is 17.5 Å². The Kier molecular flexibility index (Phi) is 3.55. The van der Waals surface area contributed by atoms with Gasteiger partial charge >= 0.3 is 0 Å². The van der Waals surface area contributed by atoms with E-state index in [1.165, 1.54) is 0 Å². The molecule has 7 heteroatoms. The van der Waals surface area contributed by atoms with Gasteiger partial charge in [-0.2, -0.15) is 0 Å².